The van der Waals surface area contributed by atoms with E-state index in [1.54, 1.807) is 0 Å². The Hall–Kier alpha value is -1.51. The first-order chi connectivity index (χ1) is 8.72. The summed E-state index contributed by atoms with van der Waals surface area (Å²) in [6, 6.07) is 6.92. The molecule has 0 aliphatic heterocycles. The van der Waals surface area contributed by atoms with E-state index in [4.69, 9.17) is 0 Å². The smallest absolute Gasteiger partial charge is 0.0881 e. The largest absolute Gasteiger partial charge is 0.381 e. The van der Waals surface area contributed by atoms with Crippen LogP contribution in [0, 0.1) is 11.8 Å². The topological polar surface area (TPSA) is 40.7 Å². The number of fused-ring (bicyclic) bond motifs is 1. The summed E-state index contributed by atoms with van der Waals surface area (Å²) in [6.07, 6.45) is 5.79. The maximum atomic E-state index is 4.12. The Morgan fingerprint density at radius 2 is 1.94 bits per heavy atom. The Bertz CT molecular complexity index is 521. The maximum Gasteiger partial charge on any atom is 0.0881 e. The van der Waals surface area contributed by atoms with Crippen molar-refractivity contribution in [2.45, 2.75) is 39.2 Å². The molecule has 1 aliphatic carbocycles. The third kappa shape index (κ3) is 2.22. The van der Waals surface area contributed by atoms with Gasteiger partial charge in [-0.15, -0.1) is 0 Å². The van der Waals surface area contributed by atoms with Crippen molar-refractivity contribution in [1.29, 1.82) is 0 Å². The summed E-state index contributed by atoms with van der Waals surface area (Å²) < 4.78 is 0. The normalized spacial score (nSPS) is 28.4. The highest BCUT2D eigenvalue weighted by atomic mass is 15.1. The van der Waals surface area contributed by atoms with Crippen LogP contribution in [0.4, 0.5) is 5.69 Å². The molecular weight excluding hydrogens is 222 g/mol. The minimum Gasteiger partial charge on any atom is -0.381 e. The highest BCUT2D eigenvalue weighted by molar-refractivity contribution is 5.89. The number of anilines is 1. The predicted molar refractivity (Wildman–Crippen MR) is 75.7 cm³/mol. The van der Waals surface area contributed by atoms with Crippen molar-refractivity contribution < 1.29 is 0 Å². The summed E-state index contributed by atoms with van der Waals surface area (Å²) in [5.74, 6) is 1.65. The van der Waals surface area contributed by atoms with Crippen molar-refractivity contribution in [2.24, 2.45) is 11.8 Å². The molecule has 2 N–H and O–H groups in total. The van der Waals surface area contributed by atoms with E-state index in [9.17, 15) is 0 Å². The summed E-state index contributed by atoms with van der Waals surface area (Å²) in [7, 11) is 0. The van der Waals surface area contributed by atoms with E-state index in [2.05, 4.69) is 47.6 Å². The van der Waals surface area contributed by atoms with E-state index in [1.807, 2.05) is 6.20 Å². The van der Waals surface area contributed by atoms with Crippen LogP contribution >= 0.6 is 0 Å². The quantitative estimate of drug-likeness (QED) is 0.842. The van der Waals surface area contributed by atoms with Crippen LogP contribution in [0.3, 0.4) is 0 Å². The van der Waals surface area contributed by atoms with Gasteiger partial charge in [0.25, 0.3) is 0 Å². The third-order valence-electron chi connectivity index (χ3n) is 4.01. The molecule has 2 aromatic rings. The summed E-state index contributed by atoms with van der Waals surface area (Å²) in [6.45, 7) is 4.72. The fraction of sp³-hybridized carbons (Fsp3) is 0.533. The molecule has 3 heteroatoms. The van der Waals surface area contributed by atoms with Crippen molar-refractivity contribution in [3.8, 4) is 0 Å². The van der Waals surface area contributed by atoms with Crippen molar-refractivity contribution >= 4 is 16.6 Å². The molecule has 1 heterocycles. The lowest BCUT2D eigenvalue weighted by Crippen LogP contribution is -2.30. The average Bonchev–Trinajstić information content (AvgIpc) is 2.76. The van der Waals surface area contributed by atoms with E-state index >= 15 is 0 Å². The van der Waals surface area contributed by atoms with Crippen LogP contribution < -0.4 is 5.32 Å². The number of nitrogens with zero attached hydrogens (tertiary/aromatic N) is 1. The summed E-state index contributed by atoms with van der Waals surface area (Å²) >= 11 is 0. The number of benzene rings is 1. The van der Waals surface area contributed by atoms with Gasteiger partial charge in [-0.1, -0.05) is 26.0 Å². The van der Waals surface area contributed by atoms with E-state index in [1.165, 1.54) is 30.3 Å². The Kier molecular flexibility index (Phi) is 2.98. The standard InChI is InChI=1S/C15H21N3/c1-10-6-11(2)8-13(7-10)17-14-5-3-4-12-9-16-18-15(12)14/h3-5,9-11,13,17H,6-8H2,1-2H3,(H,16,18). The van der Waals surface area contributed by atoms with Crippen LogP contribution in [0.2, 0.25) is 0 Å². The average molecular weight is 243 g/mol. The van der Waals surface area contributed by atoms with E-state index in [0.29, 0.717) is 6.04 Å². The van der Waals surface area contributed by atoms with Crippen molar-refractivity contribution in [3.05, 3.63) is 24.4 Å². The fourth-order valence-electron chi connectivity index (χ4n) is 3.37. The number of hydrogen-bond acceptors (Lipinski definition) is 2. The first kappa shape index (κ1) is 11.6. The summed E-state index contributed by atoms with van der Waals surface area (Å²) in [5, 5.41) is 12.1. The van der Waals surface area contributed by atoms with Crippen LogP contribution in [0.15, 0.2) is 24.4 Å². The molecule has 1 aromatic carbocycles. The SMILES string of the molecule is CC1CC(C)CC(Nc2cccc3cn[nH]c23)C1. The van der Waals surface area contributed by atoms with Gasteiger partial charge in [0.1, 0.15) is 0 Å². The highest BCUT2D eigenvalue weighted by Crippen LogP contribution is 2.31. The molecule has 0 amide bonds. The number of nitrogens with one attached hydrogen (secondary N) is 2. The molecular formula is C15H21N3. The number of rotatable bonds is 2. The molecule has 2 atom stereocenters. The van der Waals surface area contributed by atoms with Gasteiger partial charge in [0.2, 0.25) is 0 Å². The van der Waals surface area contributed by atoms with Gasteiger partial charge in [0.05, 0.1) is 17.4 Å². The van der Waals surface area contributed by atoms with Gasteiger partial charge in [-0.3, -0.25) is 5.10 Å². The Morgan fingerprint density at radius 1 is 1.17 bits per heavy atom. The zero-order chi connectivity index (χ0) is 12.5. The van der Waals surface area contributed by atoms with Crippen LogP contribution in [0.1, 0.15) is 33.1 Å². The third-order valence-corrected chi connectivity index (χ3v) is 4.01. The minimum atomic E-state index is 0.595. The number of H-pyrrole nitrogens is 1. The van der Waals surface area contributed by atoms with Crippen LogP contribution in [-0.2, 0) is 0 Å². The van der Waals surface area contributed by atoms with Gasteiger partial charge in [-0.05, 0) is 37.2 Å². The van der Waals surface area contributed by atoms with Gasteiger partial charge in [-0.2, -0.15) is 5.10 Å². The minimum absolute atomic E-state index is 0.595. The number of aromatic amines is 1. The monoisotopic (exact) mass is 243 g/mol. The maximum absolute atomic E-state index is 4.12. The number of aromatic nitrogens is 2. The van der Waals surface area contributed by atoms with Crippen molar-refractivity contribution in [2.75, 3.05) is 5.32 Å². The van der Waals surface area contributed by atoms with E-state index in [-0.39, 0.29) is 0 Å². The molecule has 1 aromatic heterocycles. The van der Waals surface area contributed by atoms with Crippen LogP contribution in [0.25, 0.3) is 10.9 Å². The zero-order valence-corrected chi connectivity index (χ0v) is 11.1. The lowest BCUT2D eigenvalue weighted by Gasteiger charge is -2.32. The molecule has 1 fully saturated rings. The first-order valence-electron chi connectivity index (χ1n) is 6.91. The molecule has 0 spiro atoms. The Balaban J connectivity index is 1.81. The summed E-state index contributed by atoms with van der Waals surface area (Å²) in [4.78, 5) is 0. The number of para-hydroxylation sites is 1. The molecule has 3 rings (SSSR count). The molecule has 18 heavy (non-hydrogen) atoms. The molecule has 0 saturated heterocycles. The summed E-state index contributed by atoms with van der Waals surface area (Å²) in [5.41, 5.74) is 2.32. The molecule has 0 bridgehead atoms. The molecule has 96 valence electrons. The Morgan fingerprint density at radius 3 is 2.72 bits per heavy atom. The van der Waals surface area contributed by atoms with Gasteiger partial charge >= 0.3 is 0 Å². The second-order valence-electron chi connectivity index (χ2n) is 5.90. The van der Waals surface area contributed by atoms with Crippen LogP contribution in [0.5, 0.6) is 0 Å². The lowest BCUT2D eigenvalue weighted by atomic mass is 9.80. The predicted octanol–water partition coefficient (Wildman–Crippen LogP) is 3.80. The van der Waals surface area contributed by atoms with Crippen molar-refractivity contribution in [3.63, 3.8) is 0 Å². The van der Waals surface area contributed by atoms with Crippen LogP contribution in [-0.4, -0.2) is 16.2 Å². The second-order valence-corrected chi connectivity index (χ2v) is 5.90. The fourth-order valence-corrected chi connectivity index (χ4v) is 3.37. The molecule has 3 nitrogen and oxygen atoms in total. The molecule has 1 saturated carbocycles. The van der Waals surface area contributed by atoms with Gasteiger partial charge in [0, 0.05) is 11.4 Å². The highest BCUT2D eigenvalue weighted by Gasteiger charge is 2.24. The van der Waals surface area contributed by atoms with Crippen molar-refractivity contribution in [1.82, 2.24) is 10.2 Å². The van der Waals surface area contributed by atoms with Gasteiger partial charge in [0.15, 0.2) is 0 Å². The Labute approximate surface area is 108 Å². The van der Waals surface area contributed by atoms with Gasteiger partial charge < -0.3 is 5.32 Å². The lowest BCUT2D eigenvalue weighted by molar-refractivity contribution is 0.281. The van der Waals surface area contributed by atoms with E-state index in [0.717, 1.165) is 17.4 Å². The number of hydrogen-bond donors (Lipinski definition) is 2. The molecule has 0 radical (unpaired) electrons. The first-order valence-corrected chi connectivity index (χ1v) is 6.91. The van der Waals surface area contributed by atoms with Gasteiger partial charge in [-0.25, -0.2) is 0 Å². The molecule has 2 unspecified atom stereocenters. The van der Waals surface area contributed by atoms with E-state index < -0.39 is 0 Å². The zero-order valence-electron chi connectivity index (χ0n) is 11.1. The second kappa shape index (κ2) is 4.63. The molecule has 1 aliphatic rings.